The number of carboxylic acids is 1. The van der Waals surface area contributed by atoms with Crippen molar-refractivity contribution in [1.29, 1.82) is 0 Å². The molecule has 0 fully saturated rings. The summed E-state index contributed by atoms with van der Waals surface area (Å²) in [4.78, 5) is 32.2. The second kappa shape index (κ2) is 16.9. The van der Waals surface area contributed by atoms with Crippen LogP contribution in [0.3, 0.4) is 0 Å². The summed E-state index contributed by atoms with van der Waals surface area (Å²) in [5.74, 6) is -3.18. The Morgan fingerprint density at radius 2 is 1.10 bits per heavy atom. The van der Waals surface area contributed by atoms with Crippen LogP contribution in [0.4, 0.5) is 13.2 Å². The van der Waals surface area contributed by atoms with Crippen LogP contribution in [0.5, 0.6) is 0 Å². The molecule has 0 heterocycles. The smallest absolute Gasteiger partial charge is 0.475 e. The second-order valence-electron chi connectivity index (χ2n) is 6.17. The van der Waals surface area contributed by atoms with E-state index in [9.17, 15) is 22.8 Å². The molecule has 2 atom stereocenters. The van der Waals surface area contributed by atoms with E-state index in [4.69, 9.17) is 32.8 Å². The van der Waals surface area contributed by atoms with E-state index in [1.807, 2.05) is 0 Å². The highest BCUT2D eigenvalue weighted by atomic mass is 19.4. The fourth-order valence-electron chi connectivity index (χ4n) is 1.91. The number of carbonyl (C=O) groups excluding carboxylic acids is 2. The molecule has 0 bridgehead atoms. The van der Waals surface area contributed by atoms with Crippen LogP contribution in [-0.2, 0) is 14.4 Å². The largest absolute Gasteiger partial charge is 0.490 e. The molecule has 0 spiro atoms. The highest BCUT2D eigenvalue weighted by Gasteiger charge is 2.38. The van der Waals surface area contributed by atoms with E-state index in [0.717, 1.165) is 25.7 Å². The predicted octanol–water partition coefficient (Wildman–Crippen LogP) is -1.24. The summed E-state index contributed by atoms with van der Waals surface area (Å²) < 4.78 is 31.7. The Bertz CT molecular complexity index is 450. The van der Waals surface area contributed by atoms with Gasteiger partial charge in [0.2, 0.25) is 11.8 Å². The molecule has 0 saturated heterocycles. The van der Waals surface area contributed by atoms with Gasteiger partial charge in [-0.3, -0.25) is 9.59 Å². The predicted molar refractivity (Wildman–Crippen MR) is 101 cm³/mol. The van der Waals surface area contributed by atoms with Crippen LogP contribution in [0.1, 0.15) is 38.5 Å². The summed E-state index contributed by atoms with van der Waals surface area (Å²) >= 11 is 0. The maximum atomic E-state index is 11.7. The van der Waals surface area contributed by atoms with Crippen LogP contribution in [0, 0.1) is 0 Å². The Morgan fingerprint density at radius 1 is 0.793 bits per heavy atom. The van der Waals surface area contributed by atoms with Crippen molar-refractivity contribution in [3.8, 4) is 0 Å². The zero-order chi connectivity index (χ0) is 22.9. The molecule has 2 amide bonds. The number of hydrogen-bond acceptors (Lipinski definition) is 7. The van der Waals surface area contributed by atoms with Crippen molar-refractivity contribution in [2.75, 3.05) is 26.2 Å². The van der Waals surface area contributed by atoms with Crippen LogP contribution in [0.25, 0.3) is 0 Å². The third kappa shape index (κ3) is 17.8. The molecule has 0 aromatic carbocycles. The van der Waals surface area contributed by atoms with Gasteiger partial charge in [-0.15, -0.1) is 0 Å². The van der Waals surface area contributed by atoms with E-state index < -0.39 is 24.2 Å². The lowest BCUT2D eigenvalue weighted by Gasteiger charge is -2.14. The standard InChI is InChI=1S/C14H32N6O2.C2HF3O2/c15-7-3-1-5-11(17)13(21)19-9-10-20-14(22)12(18)6-2-4-8-16;3-2(4,5)1(6)7/h11-12H,1-10,15-18H2,(H,19,21)(H,20,22);(H,6,7)/t11-,12-;/m0./s1. The molecule has 172 valence electrons. The normalized spacial score (nSPS) is 12.9. The molecule has 0 aliphatic heterocycles. The Hall–Kier alpha value is -1.96. The maximum absolute atomic E-state index is 11.7. The number of carbonyl (C=O) groups is 3. The fraction of sp³-hybridized carbons (Fsp3) is 0.812. The van der Waals surface area contributed by atoms with E-state index >= 15 is 0 Å². The van der Waals surface area contributed by atoms with Gasteiger partial charge in [-0.2, -0.15) is 13.2 Å². The molecule has 0 aromatic rings. The van der Waals surface area contributed by atoms with Gasteiger partial charge in [-0.1, -0.05) is 12.8 Å². The van der Waals surface area contributed by atoms with Gasteiger partial charge in [0.25, 0.3) is 0 Å². The van der Waals surface area contributed by atoms with Gasteiger partial charge in [0.15, 0.2) is 0 Å². The van der Waals surface area contributed by atoms with Crippen LogP contribution < -0.4 is 33.6 Å². The molecule has 29 heavy (non-hydrogen) atoms. The molecule has 13 heteroatoms. The zero-order valence-electron chi connectivity index (χ0n) is 16.3. The van der Waals surface area contributed by atoms with E-state index in [2.05, 4.69) is 10.6 Å². The maximum Gasteiger partial charge on any atom is 0.490 e. The molecule has 0 saturated carbocycles. The van der Waals surface area contributed by atoms with Gasteiger partial charge >= 0.3 is 12.1 Å². The Balaban J connectivity index is 0. The van der Waals surface area contributed by atoms with Gasteiger partial charge in [0.1, 0.15) is 0 Å². The van der Waals surface area contributed by atoms with Crippen LogP contribution in [0.15, 0.2) is 0 Å². The number of nitrogens with two attached hydrogens (primary N) is 4. The quantitative estimate of drug-likeness (QED) is 0.176. The van der Waals surface area contributed by atoms with E-state index in [1.54, 1.807) is 0 Å². The fourth-order valence-corrected chi connectivity index (χ4v) is 1.91. The first-order valence-corrected chi connectivity index (χ1v) is 9.24. The van der Waals surface area contributed by atoms with E-state index in [0.29, 0.717) is 39.0 Å². The van der Waals surface area contributed by atoms with Gasteiger partial charge in [0, 0.05) is 13.1 Å². The van der Waals surface area contributed by atoms with Crippen molar-refractivity contribution >= 4 is 17.8 Å². The summed E-state index contributed by atoms with van der Waals surface area (Å²) in [7, 11) is 0. The number of nitrogens with one attached hydrogen (secondary N) is 2. The number of unbranched alkanes of at least 4 members (excludes halogenated alkanes) is 2. The molecule has 0 aliphatic rings. The van der Waals surface area contributed by atoms with Crippen molar-refractivity contribution < 1.29 is 32.7 Å². The molecule has 0 aliphatic carbocycles. The first-order valence-electron chi connectivity index (χ1n) is 9.24. The molecule has 0 unspecified atom stereocenters. The van der Waals surface area contributed by atoms with Crippen molar-refractivity contribution in [1.82, 2.24) is 10.6 Å². The summed E-state index contributed by atoms with van der Waals surface area (Å²) in [6, 6.07) is -1.05. The van der Waals surface area contributed by atoms with Crippen molar-refractivity contribution in [3.63, 3.8) is 0 Å². The lowest BCUT2D eigenvalue weighted by Crippen LogP contribution is -2.46. The second-order valence-corrected chi connectivity index (χ2v) is 6.17. The zero-order valence-corrected chi connectivity index (χ0v) is 16.3. The molecule has 11 N–H and O–H groups in total. The molecule has 0 aromatic heterocycles. The van der Waals surface area contributed by atoms with Crippen LogP contribution in [0.2, 0.25) is 0 Å². The molecule has 0 rings (SSSR count). The molecular weight excluding hydrogens is 397 g/mol. The summed E-state index contributed by atoms with van der Waals surface area (Å²) in [5.41, 5.74) is 22.3. The molecule has 0 radical (unpaired) electrons. The van der Waals surface area contributed by atoms with Gasteiger partial charge in [-0.05, 0) is 38.8 Å². The number of aliphatic carboxylic acids is 1. The summed E-state index contributed by atoms with van der Waals surface area (Å²) in [5, 5.41) is 12.5. The number of amides is 2. The lowest BCUT2D eigenvalue weighted by atomic mass is 10.1. The number of alkyl halides is 3. The minimum atomic E-state index is -5.08. The van der Waals surface area contributed by atoms with E-state index in [1.165, 1.54) is 0 Å². The monoisotopic (exact) mass is 430 g/mol. The summed E-state index contributed by atoms with van der Waals surface area (Å²) in [6.45, 7) is 1.88. The first-order chi connectivity index (χ1) is 13.5. The van der Waals surface area contributed by atoms with Gasteiger partial charge < -0.3 is 38.7 Å². The van der Waals surface area contributed by atoms with Gasteiger partial charge in [0.05, 0.1) is 12.1 Å². The number of carboxylic acid groups (broad SMARTS) is 1. The average Bonchev–Trinajstić information content (AvgIpc) is 2.64. The SMILES string of the molecule is NCCCC[C@H](N)C(=O)NCCNC(=O)[C@@H](N)CCCCN.O=C(O)C(F)(F)F. The number of halogens is 3. The highest BCUT2D eigenvalue weighted by Crippen LogP contribution is 2.13. The van der Waals surface area contributed by atoms with Crippen LogP contribution in [-0.4, -0.2) is 67.3 Å². The molecule has 10 nitrogen and oxygen atoms in total. The highest BCUT2D eigenvalue weighted by molar-refractivity contribution is 5.82. The summed E-state index contributed by atoms with van der Waals surface area (Å²) in [6.07, 6.45) is -0.472. The lowest BCUT2D eigenvalue weighted by molar-refractivity contribution is -0.192. The minimum Gasteiger partial charge on any atom is -0.475 e. The third-order valence-corrected chi connectivity index (χ3v) is 3.58. The third-order valence-electron chi connectivity index (χ3n) is 3.58. The van der Waals surface area contributed by atoms with E-state index in [-0.39, 0.29) is 11.8 Å². The molecular formula is C16H33F3N6O4. The van der Waals surface area contributed by atoms with Crippen molar-refractivity contribution in [2.24, 2.45) is 22.9 Å². The van der Waals surface area contributed by atoms with Crippen molar-refractivity contribution in [3.05, 3.63) is 0 Å². The van der Waals surface area contributed by atoms with Crippen molar-refractivity contribution in [2.45, 2.75) is 56.8 Å². The Morgan fingerprint density at radius 3 is 1.34 bits per heavy atom. The average molecular weight is 430 g/mol. The number of hydrogen-bond donors (Lipinski definition) is 7. The first kappa shape index (κ1) is 29.2. The Kier molecular flexibility index (Phi) is 17.1. The minimum absolute atomic E-state index is 0.210. The van der Waals surface area contributed by atoms with Crippen LogP contribution >= 0.6 is 0 Å². The number of rotatable bonds is 13. The van der Waals surface area contributed by atoms with Gasteiger partial charge in [-0.25, -0.2) is 4.79 Å². The topological polar surface area (TPSA) is 200 Å². The Labute approximate surface area is 167 Å².